The second-order valence-electron chi connectivity index (χ2n) is 4.92. The molecule has 1 unspecified atom stereocenters. The van der Waals surface area contributed by atoms with Crippen molar-refractivity contribution in [2.75, 3.05) is 45.0 Å². The maximum atomic E-state index is 10.2. The summed E-state index contributed by atoms with van der Waals surface area (Å²) in [5.74, 6) is 0. The van der Waals surface area contributed by atoms with Gasteiger partial charge in [-0.1, -0.05) is 19.1 Å². The Bertz CT molecular complexity index is 358. The zero-order chi connectivity index (χ0) is 13.0. The van der Waals surface area contributed by atoms with Crippen molar-refractivity contribution in [3.63, 3.8) is 0 Å². The molecule has 1 saturated heterocycles. The summed E-state index contributed by atoms with van der Waals surface area (Å²) in [5, 5.41) is 10.2. The quantitative estimate of drug-likeness (QED) is 0.780. The van der Waals surface area contributed by atoms with Gasteiger partial charge in [0.15, 0.2) is 0 Å². The van der Waals surface area contributed by atoms with Gasteiger partial charge >= 0.3 is 0 Å². The minimum absolute atomic E-state index is 0.418. The molecule has 0 amide bonds. The zero-order valence-corrected chi connectivity index (χ0v) is 11.0. The normalized spacial score (nSPS) is 19.9. The second-order valence-corrected chi connectivity index (χ2v) is 4.92. The highest BCUT2D eigenvalue weighted by molar-refractivity contribution is 5.39. The third kappa shape index (κ3) is 3.45. The number of likely N-dealkylation sites (N-methyl/N-ethyl adjacent to an activating group) is 1. The van der Waals surface area contributed by atoms with Crippen LogP contribution in [0.3, 0.4) is 0 Å². The number of nitrogens with zero attached hydrogens (tertiary/aromatic N) is 2. The Hall–Kier alpha value is -1.10. The maximum absolute atomic E-state index is 10.2. The Labute approximate surface area is 109 Å². The molecule has 4 heteroatoms. The summed E-state index contributed by atoms with van der Waals surface area (Å²) in [5.41, 5.74) is 7.33. The van der Waals surface area contributed by atoms with Gasteiger partial charge in [0.1, 0.15) is 0 Å². The van der Waals surface area contributed by atoms with Crippen LogP contribution in [0.5, 0.6) is 0 Å². The van der Waals surface area contributed by atoms with E-state index in [1.807, 2.05) is 24.3 Å². The van der Waals surface area contributed by atoms with E-state index < -0.39 is 6.10 Å². The molecule has 18 heavy (non-hydrogen) atoms. The molecule has 0 radical (unpaired) electrons. The number of nitrogens with two attached hydrogens (primary N) is 1. The molecule has 1 atom stereocenters. The topological polar surface area (TPSA) is 52.7 Å². The van der Waals surface area contributed by atoms with Gasteiger partial charge in [0, 0.05) is 38.4 Å². The van der Waals surface area contributed by atoms with Crippen LogP contribution in [0, 0.1) is 0 Å². The fourth-order valence-electron chi connectivity index (χ4n) is 2.36. The first-order valence-electron chi connectivity index (χ1n) is 6.67. The van der Waals surface area contributed by atoms with Crippen LogP contribution >= 0.6 is 0 Å². The average molecular weight is 249 g/mol. The monoisotopic (exact) mass is 249 g/mol. The molecule has 0 aromatic heterocycles. The molecular formula is C14H23N3O. The first-order chi connectivity index (χ1) is 8.69. The lowest BCUT2D eigenvalue weighted by molar-refractivity contribution is 0.0744. The van der Waals surface area contributed by atoms with Crippen LogP contribution in [0.15, 0.2) is 24.3 Å². The molecule has 0 bridgehead atoms. The Morgan fingerprint density at radius 3 is 2.22 bits per heavy atom. The first kappa shape index (κ1) is 13.3. The van der Waals surface area contributed by atoms with Gasteiger partial charge in [-0.2, -0.15) is 0 Å². The van der Waals surface area contributed by atoms with E-state index in [4.69, 9.17) is 5.73 Å². The lowest BCUT2D eigenvalue weighted by atomic mass is 10.1. The van der Waals surface area contributed by atoms with Crippen LogP contribution in [0.25, 0.3) is 0 Å². The van der Waals surface area contributed by atoms with Gasteiger partial charge in [-0.3, -0.25) is 4.90 Å². The average Bonchev–Trinajstić information content (AvgIpc) is 2.40. The zero-order valence-electron chi connectivity index (χ0n) is 11.0. The number of aliphatic hydroxyl groups excluding tert-OH is 1. The number of β-amino-alcohol motifs (C(OH)–C–C–N with tert-alkyl or cyclic N) is 1. The molecule has 2 rings (SSSR count). The molecule has 100 valence electrons. The van der Waals surface area contributed by atoms with Crippen molar-refractivity contribution in [1.82, 2.24) is 9.80 Å². The summed E-state index contributed by atoms with van der Waals surface area (Å²) in [7, 11) is 0. The largest absolute Gasteiger partial charge is 0.399 e. The summed E-state index contributed by atoms with van der Waals surface area (Å²) in [6.45, 7) is 8.31. The van der Waals surface area contributed by atoms with Gasteiger partial charge in [-0.15, -0.1) is 0 Å². The standard InChI is InChI=1S/C14H23N3O/c1-2-16-7-9-17(10-8-16)11-14(18)12-3-5-13(15)6-4-12/h3-6,14,18H,2,7-11,15H2,1H3. The predicted molar refractivity (Wildman–Crippen MR) is 74.4 cm³/mol. The lowest BCUT2D eigenvalue weighted by Crippen LogP contribution is -2.47. The molecule has 0 aliphatic carbocycles. The summed E-state index contributed by atoms with van der Waals surface area (Å²) in [6, 6.07) is 7.49. The molecule has 0 spiro atoms. The number of benzene rings is 1. The van der Waals surface area contributed by atoms with Gasteiger partial charge < -0.3 is 15.7 Å². The summed E-state index contributed by atoms with van der Waals surface area (Å²) in [6.07, 6.45) is -0.418. The highest BCUT2D eigenvalue weighted by atomic mass is 16.3. The summed E-state index contributed by atoms with van der Waals surface area (Å²) < 4.78 is 0. The van der Waals surface area contributed by atoms with Crippen LogP contribution in [0.2, 0.25) is 0 Å². The third-order valence-electron chi connectivity index (χ3n) is 3.66. The van der Waals surface area contributed by atoms with Crippen LogP contribution < -0.4 is 5.73 Å². The van der Waals surface area contributed by atoms with Crippen molar-refractivity contribution in [2.24, 2.45) is 0 Å². The molecule has 0 saturated carbocycles. The van der Waals surface area contributed by atoms with Gasteiger partial charge in [-0.05, 0) is 24.2 Å². The number of aliphatic hydroxyl groups is 1. The molecule has 1 fully saturated rings. The SMILES string of the molecule is CCN1CCN(CC(O)c2ccc(N)cc2)CC1. The number of nitrogen functional groups attached to an aromatic ring is 1. The molecular weight excluding hydrogens is 226 g/mol. The van der Waals surface area contributed by atoms with Crippen LogP contribution in [-0.2, 0) is 0 Å². The predicted octanol–water partition coefficient (Wildman–Crippen LogP) is 0.940. The van der Waals surface area contributed by atoms with E-state index in [1.54, 1.807) is 0 Å². The van der Waals surface area contributed by atoms with Gasteiger partial charge in [-0.25, -0.2) is 0 Å². The van der Waals surface area contributed by atoms with E-state index >= 15 is 0 Å². The van der Waals surface area contributed by atoms with Crippen molar-refractivity contribution in [3.05, 3.63) is 29.8 Å². The number of hydrogen-bond acceptors (Lipinski definition) is 4. The highest BCUT2D eigenvalue weighted by Crippen LogP contribution is 2.16. The van der Waals surface area contributed by atoms with Gasteiger partial charge in [0.25, 0.3) is 0 Å². The molecule has 1 aromatic rings. The highest BCUT2D eigenvalue weighted by Gasteiger charge is 2.18. The number of anilines is 1. The van der Waals surface area contributed by atoms with E-state index in [0.29, 0.717) is 6.54 Å². The third-order valence-corrected chi connectivity index (χ3v) is 3.66. The van der Waals surface area contributed by atoms with Crippen molar-refractivity contribution in [3.8, 4) is 0 Å². The van der Waals surface area contributed by atoms with Crippen LogP contribution in [0.1, 0.15) is 18.6 Å². The minimum Gasteiger partial charge on any atom is -0.399 e. The van der Waals surface area contributed by atoms with Gasteiger partial charge in [0.2, 0.25) is 0 Å². The van der Waals surface area contributed by atoms with E-state index in [0.717, 1.165) is 44.0 Å². The van der Waals surface area contributed by atoms with Crippen LogP contribution in [-0.4, -0.2) is 54.2 Å². The van der Waals surface area contributed by atoms with E-state index in [-0.39, 0.29) is 0 Å². The lowest BCUT2D eigenvalue weighted by Gasteiger charge is -2.35. The maximum Gasteiger partial charge on any atom is 0.0916 e. The molecule has 4 nitrogen and oxygen atoms in total. The first-order valence-corrected chi connectivity index (χ1v) is 6.67. The van der Waals surface area contributed by atoms with Crippen molar-refractivity contribution in [2.45, 2.75) is 13.0 Å². The Balaban J connectivity index is 1.84. The van der Waals surface area contributed by atoms with E-state index in [2.05, 4.69) is 16.7 Å². The Morgan fingerprint density at radius 2 is 1.67 bits per heavy atom. The number of piperazine rings is 1. The molecule has 1 aliphatic rings. The van der Waals surface area contributed by atoms with E-state index in [1.165, 1.54) is 0 Å². The van der Waals surface area contributed by atoms with Crippen molar-refractivity contribution >= 4 is 5.69 Å². The van der Waals surface area contributed by atoms with Crippen molar-refractivity contribution in [1.29, 1.82) is 0 Å². The number of hydrogen-bond donors (Lipinski definition) is 2. The second kappa shape index (κ2) is 6.18. The van der Waals surface area contributed by atoms with E-state index in [9.17, 15) is 5.11 Å². The molecule has 3 N–H and O–H groups in total. The molecule has 1 aromatic carbocycles. The summed E-state index contributed by atoms with van der Waals surface area (Å²) >= 11 is 0. The van der Waals surface area contributed by atoms with Crippen LogP contribution in [0.4, 0.5) is 5.69 Å². The Kier molecular flexibility index (Phi) is 4.58. The van der Waals surface area contributed by atoms with Gasteiger partial charge in [0.05, 0.1) is 6.10 Å². The fraction of sp³-hybridized carbons (Fsp3) is 0.571. The molecule has 1 aliphatic heterocycles. The summed E-state index contributed by atoms with van der Waals surface area (Å²) in [4.78, 5) is 4.76. The van der Waals surface area contributed by atoms with Crippen molar-refractivity contribution < 1.29 is 5.11 Å². The fourth-order valence-corrected chi connectivity index (χ4v) is 2.36. The molecule has 1 heterocycles. The Morgan fingerprint density at radius 1 is 1.11 bits per heavy atom. The smallest absolute Gasteiger partial charge is 0.0916 e. The minimum atomic E-state index is -0.418. The number of rotatable bonds is 4.